The van der Waals surface area contributed by atoms with Crippen molar-refractivity contribution in [1.82, 2.24) is 0 Å². The van der Waals surface area contributed by atoms with Gasteiger partial charge in [-0.25, -0.2) is 0 Å². The molecule has 4 aromatic rings. The molecule has 0 atom stereocenters. The summed E-state index contributed by atoms with van der Waals surface area (Å²) in [6.07, 6.45) is 0. The number of rotatable bonds is 6. The zero-order valence-corrected chi connectivity index (χ0v) is 25.8. The Morgan fingerprint density at radius 1 is 0.487 bits per heavy atom. The van der Waals surface area contributed by atoms with E-state index in [4.69, 9.17) is 4.74 Å². The summed E-state index contributed by atoms with van der Waals surface area (Å²) in [6.45, 7) is 16.2. The Labute approximate surface area is 235 Å². The normalized spacial score (nSPS) is 15.0. The molecule has 2 heterocycles. The van der Waals surface area contributed by atoms with Gasteiger partial charge < -0.3 is 23.7 Å². The molecule has 0 bridgehead atoms. The summed E-state index contributed by atoms with van der Waals surface area (Å²) in [7, 11) is -3.06. The van der Waals surface area contributed by atoms with Gasteiger partial charge in [-0.15, -0.1) is 0 Å². The average Bonchev–Trinajstić information content (AvgIpc) is 3.49. The standard InChI is InChI=1S/C32H38N4OSi2/c1-38(2,3)35-23-33(29-17-7-9-19-31(29)35)25-13-11-15-27(21-25)37-28-16-12-14-26(22-28)34-24-36(39(4,5)6)32-20-10-8-18-30(32)34/h7-22H,23-24H2,1-6H3. The van der Waals surface area contributed by atoms with Crippen LogP contribution >= 0.6 is 0 Å². The van der Waals surface area contributed by atoms with Gasteiger partial charge in [0, 0.05) is 23.5 Å². The van der Waals surface area contributed by atoms with Crippen LogP contribution in [-0.2, 0) is 0 Å². The second-order valence-electron chi connectivity index (χ2n) is 12.4. The molecule has 39 heavy (non-hydrogen) atoms. The smallest absolute Gasteiger partial charge is 0.149 e. The molecule has 4 aromatic carbocycles. The van der Waals surface area contributed by atoms with E-state index in [1.807, 2.05) is 12.1 Å². The van der Waals surface area contributed by atoms with Gasteiger partial charge in [-0.2, -0.15) is 0 Å². The van der Waals surface area contributed by atoms with Crippen LogP contribution in [-0.4, -0.2) is 29.8 Å². The van der Waals surface area contributed by atoms with Crippen LogP contribution in [0.3, 0.4) is 0 Å². The molecule has 200 valence electrons. The van der Waals surface area contributed by atoms with Crippen molar-refractivity contribution in [3.8, 4) is 11.5 Å². The molecular weight excluding hydrogens is 513 g/mol. The number of nitrogens with zero attached hydrogens (tertiary/aromatic N) is 4. The number of hydrogen-bond acceptors (Lipinski definition) is 5. The Morgan fingerprint density at radius 3 is 1.26 bits per heavy atom. The van der Waals surface area contributed by atoms with E-state index in [1.54, 1.807) is 0 Å². The highest BCUT2D eigenvalue weighted by atomic mass is 28.3. The molecule has 0 aromatic heterocycles. The van der Waals surface area contributed by atoms with Crippen LogP contribution in [0.1, 0.15) is 0 Å². The van der Waals surface area contributed by atoms with Crippen LogP contribution in [0.2, 0.25) is 39.3 Å². The number of anilines is 6. The third-order valence-corrected chi connectivity index (χ3v) is 11.6. The van der Waals surface area contributed by atoms with Gasteiger partial charge in [0.15, 0.2) is 0 Å². The van der Waals surface area contributed by atoms with Crippen molar-refractivity contribution in [3.05, 3.63) is 97.1 Å². The van der Waals surface area contributed by atoms with E-state index in [9.17, 15) is 0 Å². The fraction of sp³-hybridized carbons (Fsp3) is 0.250. The van der Waals surface area contributed by atoms with E-state index in [2.05, 4.69) is 143 Å². The van der Waals surface area contributed by atoms with Gasteiger partial charge in [0.25, 0.3) is 0 Å². The molecule has 0 unspecified atom stereocenters. The summed E-state index contributed by atoms with van der Waals surface area (Å²) < 4.78 is 11.7. The number of benzene rings is 4. The minimum absolute atomic E-state index is 0.846. The maximum atomic E-state index is 6.48. The third-order valence-electron chi connectivity index (χ3n) is 7.61. The SMILES string of the molecule is C[Si](C)(C)N1CN(c2cccc(Oc3cccc(N4CN([Si](C)(C)C)c5ccccc54)c3)c2)c2ccccc21. The number of para-hydroxylation sites is 4. The van der Waals surface area contributed by atoms with Crippen LogP contribution in [0.25, 0.3) is 0 Å². The first-order valence-electron chi connectivity index (χ1n) is 13.8. The predicted octanol–water partition coefficient (Wildman–Crippen LogP) is 8.98. The average molecular weight is 551 g/mol. The largest absolute Gasteiger partial charge is 0.457 e. The Balaban J connectivity index is 1.27. The van der Waals surface area contributed by atoms with Gasteiger partial charge in [-0.05, 0) is 48.5 Å². The summed E-state index contributed by atoms with van der Waals surface area (Å²) in [6, 6.07) is 34.5. The molecule has 2 aliphatic rings. The highest BCUT2D eigenvalue weighted by molar-refractivity contribution is 6.80. The van der Waals surface area contributed by atoms with E-state index >= 15 is 0 Å². The second-order valence-corrected chi connectivity index (χ2v) is 22.2. The molecule has 0 radical (unpaired) electrons. The lowest BCUT2D eigenvalue weighted by atomic mass is 10.2. The molecule has 0 aliphatic carbocycles. The van der Waals surface area contributed by atoms with Crippen LogP contribution in [0.4, 0.5) is 34.1 Å². The van der Waals surface area contributed by atoms with E-state index in [0.717, 1.165) is 36.2 Å². The molecule has 0 saturated heterocycles. The molecule has 6 rings (SSSR count). The van der Waals surface area contributed by atoms with Gasteiger partial charge in [0.2, 0.25) is 0 Å². The summed E-state index contributed by atoms with van der Waals surface area (Å²) in [5.41, 5.74) is 7.48. The first-order valence-corrected chi connectivity index (χ1v) is 20.7. The second kappa shape index (κ2) is 9.50. The van der Waals surface area contributed by atoms with E-state index in [-0.39, 0.29) is 0 Å². The first kappa shape index (κ1) is 25.6. The van der Waals surface area contributed by atoms with Crippen LogP contribution in [0, 0.1) is 0 Å². The number of fused-ring (bicyclic) bond motifs is 2. The van der Waals surface area contributed by atoms with E-state index in [1.165, 1.54) is 22.7 Å². The topological polar surface area (TPSA) is 22.2 Å². The van der Waals surface area contributed by atoms with Gasteiger partial charge in [-0.1, -0.05) is 75.7 Å². The molecule has 5 nitrogen and oxygen atoms in total. The van der Waals surface area contributed by atoms with Crippen molar-refractivity contribution >= 4 is 50.6 Å². The molecule has 0 saturated carbocycles. The molecule has 0 fully saturated rings. The van der Waals surface area contributed by atoms with E-state index < -0.39 is 16.5 Å². The first-order chi connectivity index (χ1) is 18.6. The molecule has 0 amide bonds. The summed E-state index contributed by atoms with van der Waals surface area (Å²) in [5, 5.41) is 0. The minimum atomic E-state index is -1.53. The van der Waals surface area contributed by atoms with Crippen molar-refractivity contribution in [2.75, 3.05) is 32.3 Å². The third kappa shape index (κ3) is 4.81. The van der Waals surface area contributed by atoms with E-state index in [0.29, 0.717) is 0 Å². The molecule has 7 heteroatoms. The fourth-order valence-electron chi connectivity index (χ4n) is 5.58. The van der Waals surface area contributed by atoms with Gasteiger partial charge in [0.1, 0.15) is 28.0 Å². The monoisotopic (exact) mass is 550 g/mol. The summed E-state index contributed by atoms with van der Waals surface area (Å²) in [5.74, 6) is 1.69. The summed E-state index contributed by atoms with van der Waals surface area (Å²) in [4.78, 5) is 4.81. The Hall–Kier alpha value is -3.69. The number of ether oxygens (including phenoxy) is 1. The maximum Gasteiger partial charge on any atom is 0.149 e. The zero-order valence-electron chi connectivity index (χ0n) is 23.8. The van der Waals surface area contributed by atoms with Crippen molar-refractivity contribution in [2.45, 2.75) is 39.3 Å². The highest BCUT2D eigenvalue weighted by Gasteiger charge is 2.35. The lowest BCUT2D eigenvalue weighted by Crippen LogP contribution is -2.47. The van der Waals surface area contributed by atoms with Crippen molar-refractivity contribution in [3.63, 3.8) is 0 Å². The summed E-state index contributed by atoms with van der Waals surface area (Å²) >= 11 is 0. The van der Waals surface area contributed by atoms with Gasteiger partial charge in [-0.3, -0.25) is 0 Å². The minimum Gasteiger partial charge on any atom is -0.457 e. The van der Waals surface area contributed by atoms with Crippen LogP contribution in [0.15, 0.2) is 97.1 Å². The zero-order chi connectivity index (χ0) is 27.4. The maximum absolute atomic E-state index is 6.48. The fourth-order valence-corrected chi connectivity index (χ4v) is 8.54. The Bertz CT molecular complexity index is 1400. The lowest BCUT2D eigenvalue weighted by molar-refractivity contribution is 0.483. The highest BCUT2D eigenvalue weighted by Crippen LogP contribution is 2.45. The lowest BCUT2D eigenvalue weighted by Gasteiger charge is -2.33. The van der Waals surface area contributed by atoms with Gasteiger partial charge in [0.05, 0.1) is 36.1 Å². The quantitative estimate of drug-likeness (QED) is 0.223. The van der Waals surface area contributed by atoms with Crippen molar-refractivity contribution in [1.29, 1.82) is 0 Å². The van der Waals surface area contributed by atoms with Crippen molar-refractivity contribution in [2.24, 2.45) is 0 Å². The molecule has 2 aliphatic heterocycles. The number of hydrogen-bond donors (Lipinski definition) is 0. The predicted molar refractivity (Wildman–Crippen MR) is 172 cm³/mol. The molecular formula is C32H38N4OSi2. The van der Waals surface area contributed by atoms with Crippen molar-refractivity contribution < 1.29 is 4.74 Å². The Kier molecular flexibility index (Phi) is 6.23. The molecule has 0 N–H and O–H groups in total. The van der Waals surface area contributed by atoms with Crippen LogP contribution in [0.5, 0.6) is 11.5 Å². The Morgan fingerprint density at radius 2 is 0.872 bits per heavy atom. The van der Waals surface area contributed by atoms with Crippen LogP contribution < -0.4 is 23.7 Å². The van der Waals surface area contributed by atoms with Gasteiger partial charge >= 0.3 is 0 Å². The molecule has 0 spiro atoms.